The number of thiophene rings is 1. The van der Waals surface area contributed by atoms with E-state index in [-0.39, 0.29) is 43.4 Å². The van der Waals surface area contributed by atoms with Crippen LogP contribution in [0.3, 0.4) is 0 Å². The standard InChI is InChI=1S/C16H19N3O2S.ClH/c17-10-15(20)18-11-16(21)19-13(14-7-4-8-22-14)9-12-5-2-1-3-6-12;/h1-8,13H,9-11,17H2,(H,18,20)(H,19,21);1H. The second-order valence-electron chi connectivity index (χ2n) is 4.81. The Labute approximate surface area is 145 Å². The van der Waals surface area contributed by atoms with Gasteiger partial charge in [-0.3, -0.25) is 9.59 Å². The van der Waals surface area contributed by atoms with E-state index >= 15 is 0 Å². The third-order valence-electron chi connectivity index (χ3n) is 3.14. The van der Waals surface area contributed by atoms with Crippen molar-refractivity contribution in [2.75, 3.05) is 13.1 Å². The van der Waals surface area contributed by atoms with E-state index in [1.165, 1.54) is 0 Å². The Kier molecular flexibility index (Phi) is 8.32. The summed E-state index contributed by atoms with van der Waals surface area (Å²) in [5, 5.41) is 7.42. The van der Waals surface area contributed by atoms with Gasteiger partial charge in [-0.15, -0.1) is 23.7 Å². The van der Waals surface area contributed by atoms with Crippen LogP contribution in [0.2, 0.25) is 0 Å². The van der Waals surface area contributed by atoms with Crippen molar-refractivity contribution in [3.05, 3.63) is 58.3 Å². The quantitative estimate of drug-likeness (QED) is 0.707. The second kappa shape index (κ2) is 9.99. The maximum Gasteiger partial charge on any atom is 0.239 e. The molecule has 0 fully saturated rings. The highest BCUT2D eigenvalue weighted by Crippen LogP contribution is 2.22. The monoisotopic (exact) mass is 353 g/mol. The first-order chi connectivity index (χ1) is 10.7. The summed E-state index contributed by atoms with van der Waals surface area (Å²) >= 11 is 1.60. The van der Waals surface area contributed by atoms with E-state index in [0.29, 0.717) is 6.42 Å². The Balaban J connectivity index is 0.00000264. The number of halogens is 1. The average Bonchev–Trinajstić information content (AvgIpc) is 3.07. The van der Waals surface area contributed by atoms with E-state index in [0.717, 1.165) is 10.4 Å². The van der Waals surface area contributed by atoms with Gasteiger partial charge in [0.2, 0.25) is 11.8 Å². The highest BCUT2D eigenvalue weighted by molar-refractivity contribution is 7.10. The molecule has 2 rings (SSSR count). The van der Waals surface area contributed by atoms with E-state index in [1.54, 1.807) is 11.3 Å². The maximum absolute atomic E-state index is 12.0. The van der Waals surface area contributed by atoms with Gasteiger partial charge in [0.25, 0.3) is 0 Å². The zero-order chi connectivity index (χ0) is 15.8. The first kappa shape index (κ1) is 19.2. The molecule has 1 aromatic heterocycles. The number of rotatable bonds is 7. The van der Waals surface area contributed by atoms with Crippen molar-refractivity contribution in [1.82, 2.24) is 10.6 Å². The third-order valence-corrected chi connectivity index (χ3v) is 4.12. The van der Waals surface area contributed by atoms with E-state index in [2.05, 4.69) is 10.6 Å². The number of nitrogens with two attached hydrogens (primary N) is 1. The molecule has 2 amide bonds. The van der Waals surface area contributed by atoms with Gasteiger partial charge in [0, 0.05) is 4.88 Å². The average molecular weight is 354 g/mol. The minimum absolute atomic E-state index is 0. The van der Waals surface area contributed by atoms with Gasteiger partial charge in [-0.05, 0) is 23.4 Å². The molecule has 124 valence electrons. The number of carbonyl (C=O) groups excluding carboxylic acids is 2. The SMILES string of the molecule is Cl.NCC(=O)NCC(=O)NC(Cc1ccccc1)c1cccs1. The molecule has 0 aliphatic carbocycles. The topological polar surface area (TPSA) is 84.2 Å². The van der Waals surface area contributed by atoms with Crippen LogP contribution in [0.5, 0.6) is 0 Å². The molecule has 0 saturated carbocycles. The largest absolute Gasteiger partial charge is 0.347 e. The van der Waals surface area contributed by atoms with Crippen LogP contribution in [0.25, 0.3) is 0 Å². The molecule has 1 heterocycles. The molecule has 1 aromatic carbocycles. The molecular weight excluding hydrogens is 334 g/mol. The summed E-state index contributed by atoms with van der Waals surface area (Å²) in [4.78, 5) is 24.2. The van der Waals surface area contributed by atoms with Gasteiger partial charge < -0.3 is 16.4 Å². The lowest BCUT2D eigenvalue weighted by molar-refractivity contribution is -0.125. The fourth-order valence-corrected chi connectivity index (χ4v) is 2.84. The van der Waals surface area contributed by atoms with Gasteiger partial charge in [-0.1, -0.05) is 36.4 Å². The lowest BCUT2D eigenvalue weighted by Crippen LogP contribution is -2.41. The number of amides is 2. The summed E-state index contributed by atoms with van der Waals surface area (Å²) in [6, 6.07) is 13.8. The van der Waals surface area contributed by atoms with Crippen LogP contribution in [-0.2, 0) is 16.0 Å². The van der Waals surface area contributed by atoms with Gasteiger partial charge in [-0.25, -0.2) is 0 Å². The molecule has 1 unspecified atom stereocenters. The van der Waals surface area contributed by atoms with E-state index in [4.69, 9.17) is 5.73 Å². The van der Waals surface area contributed by atoms with Crippen molar-refractivity contribution in [2.24, 2.45) is 5.73 Å². The molecule has 0 aliphatic rings. The van der Waals surface area contributed by atoms with Gasteiger partial charge >= 0.3 is 0 Å². The summed E-state index contributed by atoms with van der Waals surface area (Å²) < 4.78 is 0. The molecule has 0 spiro atoms. The molecular formula is C16H20ClN3O2S. The summed E-state index contributed by atoms with van der Waals surface area (Å²) in [7, 11) is 0. The van der Waals surface area contributed by atoms with Crippen molar-refractivity contribution in [3.63, 3.8) is 0 Å². The van der Waals surface area contributed by atoms with Crippen LogP contribution < -0.4 is 16.4 Å². The van der Waals surface area contributed by atoms with Crippen LogP contribution in [0.1, 0.15) is 16.5 Å². The van der Waals surface area contributed by atoms with Crippen LogP contribution in [0.15, 0.2) is 47.8 Å². The van der Waals surface area contributed by atoms with Crippen LogP contribution in [-0.4, -0.2) is 24.9 Å². The molecule has 1 atom stereocenters. The van der Waals surface area contributed by atoms with Gasteiger partial charge in [0.15, 0.2) is 0 Å². The minimum Gasteiger partial charge on any atom is -0.347 e. The van der Waals surface area contributed by atoms with Crippen LogP contribution in [0.4, 0.5) is 0 Å². The summed E-state index contributed by atoms with van der Waals surface area (Å²) in [5.41, 5.74) is 6.34. The Morgan fingerprint density at radius 3 is 2.43 bits per heavy atom. The zero-order valence-electron chi connectivity index (χ0n) is 12.5. The van der Waals surface area contributed by atoms with E-state index in [9.17, 15) is 9.59 Å². The van der Waals surface area contributed by atoms with Crippen LogP contribution >= 0.6 is 23.7 Å². The Bertz CT molecular complexity index is 605. The third kappa shape index (κ3) is 6.40. The van der Waals surface area contributed by atoms with Crippen molar-refractivity contribution >= 4 is 35.6 Å². The fourth-order valence-electron chi connectivity index (χ4n) is 2.06. The minimum atomic E-state index is -0.342. The Hall–Kier alpha value is -1.89. The number of benzene rings is 1. The van der Waals surface area contributed by atoms with Crippen LogP contribution in [0, 0.1) is 0 Å². The van der Waals surface area contributed by atoms with Crippen molar-refractivity contribution < 1.29 is 9.59 Å². The highest BCUT2D eigenvalue weighted by Gasteiger charge is 2.16. The Morgan fingerprint density at radius 2 is 1.83 bits per heavy atom. The molecule has 0 saturated heterocycles. The number of hydrogen-bond acceptors (Lipinski definition) is 4. The molecule has 4 N–H and O–H groups in total. The number of hydrogen-bond donors (Lipinski definition) is 3. The number of carbonyl (C=O) groups is 2. The summed E-state index contributed by atoms with van der Waals surface area (Å²) in [5.74, 6) is -0.568. The summed E-state index contributed by atoms with van der Waals surface area (Å²) in [6.07, 6.45) is 0.706. The fraction of sp³-hybridized carbons (Fsp3) is 0.250. The van der Waals surface area contributed by atoms with E-state index in [1.807, 2.05) is 47.8 Å². The van der Waals surface area contributed by atoms with Crippen molar-refractivity contribution in [1.29, 1.82) is 0 Å². The smallest absolute Gasteiger partial charge is 0.239 e. The lowest BCUT2D eigenvalue weighted by Gasteiger charge is -2.18. The highest BCUT2D eigenvalue weighted by atomic mass is 35.5. The zero-order valence-corrected chi connectivity index (χ0v) is 14.2. The molecule has 0 aliphatic heterocycles. The maximum atomic E-state index is 12.0. The normalized spacial score (nSPS) is 11.2. The second-order valence-corrected chi connectivity index (χ2v) is 5.79. The Morgan fingerprint density at radius 1 is 1.09 bits per heavy atom. The summed E-state index contributed by atoms with van der Waals surface area (Å²) in [6.45, 7) is -0.182. The van der Waals surface area contributed by atoms with Crippen molar-refractivity contribution in [3.8, 4) is 0 Å². The molecule has 23 heavy (non-hydrogen) atoms. The van der Waals surface area contributed by atoms with Gasteiger partial charge in [-0.2, -0.15) is 0 Å². The first-order valence-corrected chi connectivity index (χ1v) is 7.90. The predicted octanol–water partition coefficient (Wildman–Crippen LogP) is 1.64. The molecule has 5 nitrogen and oxygen atoms in total. The van der Waals surface area contributed by atoms with E-state index < -0.39 is 0 Å². The molecule has 0 radical (unpaired) electrons. The predicted molar refractivity (Wildman–Crippen MR) is 94.7 cm³/mol. The molecule has 2 aromatic rings. The lowest BCUT2D eigenvalue weighted by atomic mass is 10.0. The van der Waals surface area contributed by atoms with Gasteiger partial charge in [0.05, 0.1) is 19.1 Å². The van der Waals surface area contributed by atoms with Crippen molar-refractivity contribution in [2.45, 2.75) is 12.5 Å². The number of nitrogens with one attached hydrogen (secondary N) is 2. The van der Waals surface area contributed by atoms with Gasteiger partial charge in [0.1, 0.15) is 0 Å². The molecule has 0 bridgehead atoms. The first-order valence-electron chi connectivity index (χ1n) is 7.02. The molecule has 7 heteroatoms.